The number of aryl methyl sites for hydroxylation is 1. The smallest absolute Gasteiger partial charge is 0.235 e. The van der Waals surface area contributed by atoms with E-state index in [0.717, 1.165) is 0 Å². The Morgan fingerprint density at radius 1 is 1.75 bits per heavy atom. The number of hydrogen-bond donors (Lipinski definition) is 1. The Labute approximate surface area is 51.7 Å². The Hall–Kier alpha value is -0.630. The Morgan fingerprint density at radius 2 is 2.38 bits per heavy atom. The molecule has 1 heterocycles. The summed E-state index contributed by atoms with van der Waals surface area (Å²) in [5.74, 6) is 0.0340. The molecule has 3 heteroatoms. The van der Waals surface area contributed by atoms with Crippen molar-refractivity contribution in [1.29, 1.82) is 0 Å². The van der Waals surface area contributed by atoms with E-state index in [-0.39, 0.29) is 11.0 Å². The van der Waals surface area contributed by atoms with Gasteiger partial charge in [0.25, 0.3) is 0 Å². The number of halogens is 1. The molecule has 2 nitrogen and oxygen atoms in total. The Balaban J connectivity index is 3.19. The minimum atomic E-state index is 0.0340. The average molecular weight is 133 g/mol. The largest absolute Gasteiger partial charge is 0.503 e. The Kier molecular flexibility index (Phi) is 1.18. The van der Waals surface area contributed by atoms with Gasteiger partial charge >= 0.3 is 0 Å². The van der Waals surface area contributed by atoms with Crippen molar-refractivity contribution in [3.05, 3.63) is 17.0 Å². The lowest BCUT2D eigenvalue weighted by Crippen LogP contribution is -1.59. The first-order valence-corrected chi connectivity index (χ1v) is 2.52. The van der Waals surface area contributed by atoms with Crippen LogP contribution in [0.15, 0.2) is 10.7 Å². The van der Waals surface area contributed by atoms with Crippen LogP contribution in [0.3, 0.4) is 0 Å². The molecular formula is C5H5ClO2. The Morgan fingerprint density at radius 3 is 2.50 bits per heavy atom. The van der Waals surface area contributed by atoms with Gasteiger partial charge in [0.15, 0.2) is 5.75 Å². The van der Waals surface area contributed by atoms with E-state index in [9.17, 15) is 0 Å². The highest BCUT2D eigenvalue weighted by atomic mass is 35.5. The van der Waals surface area contributed by atoms with Gasteiger partial charge in [-0.05, 0) is 18.5 Å². The van der Waals surface area contributed by atoms with Crippen LogP contribution in [-0.4, -0.2) is 5.11 Å². The predicted molar refractivity (Wildman–Crippen MR) is 30.1 cm³/mol. The monoisotopic (exact) mass is 132 g/mol. The maximum atomic E-state index is 8.82. The van der Waals surface area contributed by atoms with Crippen LogP contribution in [-0.2, 0) is 0 Å². The van der Waals surface area contributed by atoms with E-state index < -0.39 is 0 Å². The van der Waals surface area contributed by atoms with Crippen molar-refractivity contribution in [1.82, 2.24) is 0 Å². The molecule has 0 aliphatic rings. The van der Waals surface area contributed by atoms with Crippen molar-refractivity contribution >= 4 is 11.6 Å². The summed E-state index contributed by atoms with van der Waals surface area (Å²) >= 11 is 5.31. The summed E-state index contributed by atoms with van der Waals surface area (Å²) in [6.07, 6.45) is 1.40. The first kappa shape index (κ1) is 5.51. The summed E-state index contributed by atoms with van der Waals surface area (Å²) in [5.41, 5.74) is 0.662. The zero-order valence-electron chi connectivity index (χ0n) is 4.31. The quantitative estimate of drug-likeness (QED) is 0.585. The third-order valence-electron chi connectivity index (χ3n) is 0.899. The van der Waals surface area contributed by atoms with Crippen molar-refractivity contribution in [2.24, 2.45) is 0 Å². The van der Waals surface area contributed by atoms with Gasteiger partial charge in [-0.1, -0.05) is 0 Å². The van der Waals surface area contributed by atoms with Crippen LogP contribution in [0, 0.1) is 6.92 Å². The van der Waals surface area contributed by atoms with E-state index in [1.165, 1.54) is 6.26 Å². The normalized spacial score (nSPS) is 9.75. The molecule has 0 saturated heterocycles. The van der Waals surface area contributed by atoms with Crippen molar-refractivity contribution in [3.63, 3.8) is 0 Å². The van der Waals surface area contributed by atoms with Crippen molar-refractivity contribution in [3.8, 4) is 5.75 Å². The van der Waals surface area contributed by atoms with Gasteiger partial charge in [0.1, 0.15) is 0 Å². The summed E-state index contributed by atoms with van der Waals surface area (Å²) < 4.78 is 4.61. The Bertz CT molecular complexity index is 173. The van der Waals surface area contributed by atoms with Crippen LogP contribution >= 0.6 is 11.6 Å². The van der Waals surface area contributed by atoms with E-state index in [1.807, 2.05) is 0 Å². The van der Waals surface area contributed by atoms with Crippen molar-refractivity contribution < 1.29 is 9.52 Å². The number of furan rings is 1. The summed E-state index contributed by atoms with van der Waals surface area (Å²) in [4.78, 5) is 0. The second-order valence-corrected chi connectivity index (χ2v) is 1.88. The fraction of sp³-hybridized carbons (Fsp3) is 0.200. The molecule has 44 valence electrons. The molecule has 0 radical (unpaired) electrons. The standard InChI is InChI=1S/C5H5ClO2/c1-3-2-8-5(6)4(3)7/h2,7H,1H3. The molecule has 1 N–H and O–H groups in total. The van der Waals surface area contributed by atoms with Crippen molar-refractivity contribution in [2.45, 2.75) is 6.92 Å². The lowest BCUT2D eigenvalue weighted by atomic mass is 10.4. The van der Waals surface area contributed by atoms with E-state index >= 15 is 0 Å². The molecule has 1 rings (SSSR count). The van der Waals surface area contributed by atoms with Crippen LogP contribution in [0.1, 0.15) is 5.56 Å². The lowest BCUT2D eigenvalue weighted by Gasteiger charge is -1.81. The average Bonchev–Trinajstić information content (AvgIpc) is 1.98. The molecule has 8 heavy (non-hydrogen) atoms. The highest BCUT2D eigenvalue weighted by molar-refractivity contribution is 6.30. The summed E-state index contributed by atoms with van der Waals surface area (Å²) in [7, 11) is 0. The zero-order valence-corrected chi connectivity index (χ0v) is 5.07. The third-order valence-corrected chi connectivity index (χ3v) is 1.17. The van der Waals surface area contributed by atoms with Crippen LogP contribution in [0.5, 0.6) is 5.75 Å². The molecule has 0 saturated carbocycles. The summed E-state index contributed by atoms with van der Waals surface area (Å²) in [5, 5.41) is 8.88. The second kappa shape index (κ2) is 1.71. The molecular weight excluding hydrogens is 128 g/mol. The molecule has 0 amide bonds. The molecule has 0 fully saturated rings. The minimum Gasteiger partial charge on any atom is -0.503 e. The first-order valence-electron chi connectivity index (χ1n) is 2.14. The summed E-state index contributed by atoms with van der Waals surface area (Å²) in [6.45, 7) is 1.71. The lowest BCUT2D eigenvalue weighted by molar-refractivity contribution is 0.457. The molecule has 0 aliphatic carbocycles. The number of aromatic hydroxyl groups is 1. The van der Waals surface area contributed by atoms with E-state index in [0.29, 0.717) is 5.56 Å². The molecule has 1 aromatic rings. The van der Waals surface area contributed by atoms with E-state index in [4.69, 9.17) is 16.7 Å². The van der Waals surface area contributed by atoms with Gasteiger partial charge in [-0.2, -0.15) is 0 Å². The molecule has 0 spiro atoms. The highest BCUT2D eigenvalue weighted by Crippen LogP contribution is 2.27. The van der Waals surface area contributed by atoms with Crippen LogP contribution < -0.4 is 0 Å². The van der Waals surface area contributed by atoms with E-state index in [1.54, 1.807) is 6.92 Å². The highest BCUT2D eigenvalue weighted by Gasteiger charge is 2.03. The van der Waals surface area contributed by atoms with Crippen molar-refractivity contribution in [2.75, 3.05) is 0 Å². The fourth-order valence-corrected chi connectivity index (χ4v) is 0.600. The van der Waals surface area contributed by atoms with Gasteiger partial charge < -0.3 is 9.52 Å². The summed E-state index contributed by atoms with van der Waals surface area (Å²) in [6, 6.07) is 0. The van der Waals surface area contributed by atoms with Gasteiger partial charge in [0.05, 0.1) is 6.26 Å². The zero-order chi connectivity index (χ0) is 6.15. The first-order chi connectivity index (χ1) is 3.72. The molecule has 0 bridgehead atoms. The van der Waals surface area contributed by atoms with Gasteiger partial charge in [-0.15, -0.1) is 0 Å². The van der Waals surface area contributed by atoms with Crippen LogP contribution in [0.4, 0.5) is 0 Å². The third kappa shape index (κ3) is 0.670. The molecule has 0 atom stereocenters. The fourth-order valence-electron chi connectivity index (χ4n) is 0.407. The van der Waals surface area contributed by atoms with Gasteiger partial charge in [-0.3, -0.25) is 0 Å². The second-order valence-electron chi connectivity index (χ2n) is 1.54. The van der Waals surface area contributed by atoms with Crippen LogP contribution in [0.2, 0.25) is 5.22 Å². The molecule has 1 aromatic heterocycles. The number of hydrogen-bond acceptors (Lipinski definition) is 2. The minimum absolute atomic E-state index is 0.0340. The predicted octanol–water partition coefficient (Wildman–Crippen LogP) is 1.95. The molecule has 0 unspecified atom stereocenters. The SMILES string of the molecule is Cc1coc(Cl)c1O. The van der Waals surface area contributed by atoms with E-state index in [2.05, 4.69) is 4.42 Å². The maximum Gasteiger partial charge on any atom is 0.235 e. The van der Waals surface area contributed by atoms with Gasteiger partial charge in [0.2, 0.25) is 5.22 Å². The topological polar surface area (TPSA) is 33.4 Å². The molecule has 0 aromatic carbocycles. The maximum absolute atomic E-state index is 8.82. The van der Waals surface area contributed by atoms with Gasteiger partial charge in [-0.25, -0.2) is 0 Å². The van der Waals surface area contributed by atoms with Crippen LogP contribution in [0.25, 0.3) is 0 Å². The molecule has 0 aliphatic heterocycles. The number of rotatable bonds is 0. The van der Waals surface area contributed by atoms with Gasteiger partial charge in [0, 0.05) is 5.56 Å².